The SMILES string of the molecule is CCCN1CCCN(CCOS)CC1. The van der Waals surface area contributed by atoms with Crippen molar-refractivity contribution in [3.63, 3.8) is 0 Å². The van der Waals surface area contributed by atoms with Crippen LogP contribution >= 0.6 is 12.9 Å². The summed E-state index contributed by atoms with van der Waals surface area (Å²) >= 11 is 3.76. The molecule has 84 valence electrons. The summed E-state index contributed by atoms with van der Waals surface area (Å²) in [6.07, 6.45) is 2.55. The summed E-state index contributed by atoms with van der Waals surface area (Å²) in [5.41, 5.74) is 0. The van der Waals surface area contributed by atoms with E-state index < -0.39 is 0 Å². The number of hydrogen-bond acceptors (Lipinski definition) is 4. The maximum absolute atomic E-state index is 4.80. The normalized spacial score (nSPS) is 21.0. The van der Waals surface area contributed by atoms with Gasteiger partial charge in [-0.15, -0.1) is 0 Å². The molecule has 0 spiro atoms. The van der Waals surface area contributed by atoms with Gasteiger partial charge in [-0.05, 0) is 45.4 Å². The van der Waals surface area contributed by atoms with Gasteiger partial charge in [0.25, 0.3) is 0 Å². The second-order valence-electron chi connectivity index (χ2n) is 3.87. The third-order valence-corrected chi connectivity index (χ3v) is 2.90. The molecule has 0 aromatic heterocycles. The fourth-order valence-electron chi connectivity index (χ4n) is 1.96. The van der Waals surface area contributed by atoms with E-state index in [1.54, 1.807) is 0 Å². The predicted molar refractivity (Wildman–Crippen MR) is 62.7 cm³/mol. The predicted octanol–water partition coefficient (Wildman–Crippen LogP) is 1.27. The lowest BCUT2D eigenvalue weighted by molar-refractivity contribution is 0.224. The van der Waals surface area contributed by atoms with Crippen molar-refractivity contribution in [2.45, 2.75) is 19.8 Å². The maximum atomic E-state index is 4.80. The minimum Gasteiger partial charge on any atom is -0.317 e. The van der Waals surface area contributed by atoms with Gasteiger partial charge in [-0.25, -0.2) is 0 Å². The molecule has 0 amide bonds. The van der Waals surface area contributed by atoms with Crippen molar-refractivity contribution >= 4 is 12.9 Å². The van der Waals surface area contributed by atoms with Crippen molar-refractivity contribution in [1.82, 2.24) is 9.80 Å². The molecule has 1 aliphatic heterocycles. The molecule has 0 aliphatic carbocycles. The molecule has 0 radical (unpaired) electrons. The Labute approximate surface area is 93.0 Å². The van der Waals surface area contributed by atoms with Gasteiger partial charge in [0.15, 0.2) is 0 Å². The van der Waals surface area contributed by atoms with Gasteiger partial charge in [0, 0.05) is 19.6 Å². The van der Waals surface area contributed by atoms with Crippen LogP contribution in [0, 0.1) is 0 Å². The summed E-state index contributed by atoms with van der Waals surface area (Å²) in [5.74, 6) is 0. The summed E-state index contributed by atoms with van der Waals surface area (Å²) in [6.45, 7) is 10.1. The van der Waals surface area contributed by atoms with E-state index in [-0.39, 0.29) is 0 Å². The molecule has 1 aliphatic rings. The van der Waals surface area contributed by atoms with E-state index in [4.69, 9.17) is 4.18 Å². The molecular formula is C10H22N2OS. The van der Waals surface area contributed by atoms with Gasteiger partial charge in [-0.2, -0.15) is 0 Å². The van der Waals surface area contributed by atoms with Crippen LogP contribution in [0.1, 0.15) is 19.8 Å². The zero-order chi connectivity index (χ0) is 10.2. The van der Waals surface area contributed by atoms with Crippen molar-refractivity contribution in [3.8, 4) is 0 Å². The van der Waals surface area contributed by atoms with E-state index in [0.717, 1.165) is 13.2 Å². The standard InChI is InChI=1S/C10H22N2OS/c1-2-4-11-5-3-6-12(8-7-11)9-10-13-14/h14H,2-10H2,1H3. The Kier molecular flexibility index (Phi) is 6.60. The summed E-state index contributed by atoms with van der Waals surface area (Å²) < 4.78 is 4.80. The third kappa shape index (κ3) is 4.64. The van der Waals surface area contributed by atoms with E-state index >= 15 is 0 Å². The molecule has 0 aromatic carbocycles. The zero-order valence-corrected chi connectivity index (χ0v) is 10.0. The molecule has 1 heterocycles. The van der Waals surface area contributed by atoms with E-state index in [2.05, 4.69) is 29.6 Å². The molecule has 1 saturated heterocycles. The van der Waals surface area contributed by atoms with E-state index in [1.807, 2.05) is 0 Å². The highest BCUT2D eigenvalue weighted by Gasteiger charge is 2.13. The van der Waals surface area contributed by atoms with Gasteiger partial charge >= 0.3 is 0 Å². The number of hydrogen-bond donors (Lipinski definition) is 1. The molecule has 1 rings (SSSR count). The van der Waals surface area contributed by atoms with Crippen LogP contribution in [-0.4, -0.2) is 55.7 Å². The van der Waals surface area contributed by atoms with Crippen LogP contribution in [0.2, 0.25) is 0 Å². The van der Waals surface area contributed by atoms with Crippen molar-refractivity contribution in [3.05, 3.63) is 0 Å². The zero-order valence-electron chi connectivity index (χ0n) is 9.11. The largest absolute Gasteiger partial charge is 0.317 e. The molecule has 0 bridgehead atoms. The topological polar surface area (TPSA) is 15.7 Å². The van der Waals surface area contributed by atoms with Crippen LogP contribution < -0.4 is 0 Å². The van der Waals surface area contributed by atoms with Gasteiger partial charge in [0.05, 0.1) is 6.61 Å². The number of thiol groups is 1. The summed E-state index contributed by atoms with van der Waals surface area (Å²) in [6, 6.07) is 0. The highest BCUT2D eigenvalue weighted by Crippen LogP contribution is 2.03. The second-order valence-corrected chi connectivity index (χ2v) is 4.13. The molecular weight excluding hydrogens is 196 g/mol. The van der Waals surface area contributed by atoms with Gasteiger partial charge in [0.1, 0.15) is 0 Å². The van der Waals surface area contributed by atoms with Gasteiger partial charge in [-0.1, -0.05) is 6.92 Å². The van der Waals surface area contributed by atoms with Gasteiger partial charge in [-0.3, -0.25) is 4.90 Å². The Balaban J connectivity index is 2.19. The lowest BCUT2D eigenvalue weighted by atomic mass is 10.3. The Hall–Kier alpha value is 0.230. The third-order valence-electron chi connectivity index (χ3n) is 2.72. The first-order valence-corrected chi connectivity index (χ1v) is 5.94. The van der Waals surface area contributed by atoms with Crippen LogP contribution in [0.3, 0.4) is 0 Å². The molecule has 0 N–H and O–H groups in total. The number of nitrogens with zero attached hydrogens (tertiary/aromatic N) is 2. The van der Waals surface area contributed by atoms with Gasteiger partial charge < -0.3 is 9.08 Å². The molecule has 0 atom stereocenters. The second kappa shape index (κ2) is 7.51. The fourth-order valence-corrected chi connectivity index (χ4v) is 2.04. The molecule has 14 heavy (non-hydrogen) atoms. The highest BCUT2D eigenvalue weighted by atomic mass is 32.1. The van der Waals surface area contributed by atoms with Crippen molar-refractivity contribution in [1.29, 1.82) is 0 Å². The molecule has 0 aromatic rings. The van der Waals surface area contributed by atoms with Crippen LogP contribution in [0.4, 0.5) is 0 Å². The summed E-state index contributed by atoms with van der Waals surface area (Å²) in [5, 5.41) is 0. The Bertz CT molecular complexity index is 146. The first-order chi connectivity index (χ1) is 6.86. The first kappa shape index (κ1) is 12.3. The lowest BCUT2D eigenvalue weighted by Crippen LogP contribution is -2.32. The van der Waals surface area contributed by atoms with Crippen LogP contribution in [0.25, 0.3) is 0 Å². The van der Waals surface area contributed by atoms with Crippen LogP contribution in [0.15, 0.2) is 0 Å². The molecule has 0 saturated carbocycles. The monoisotopic (exact) mass is 218 g/mol. The fraction of sp³-hybridized carbons (Fsp3) is 1.00. The molecule has 0 unspecified atom stereocenters. The van der Waals surface area contributed by atoms with E-state index in [0.29, 0.717) is 0 Å². The van der Waals surface area contributed by atoms with Gasteiger partial charge in [0.2, 0.25) is 0 Å². The van der Waals surface area contributed by atoms with E-state index in [9.17, 15) is 0 Å². The molecule has 1 fully saturated rings. The maximum Gasteiger partial charge on any atom is 0.0737 e. The van der Waals surface area contributed by atoms with Crippen molar-refractivity contribution < 1.29 is 4.18 Å². The minimum atomic E-state index is 0.733. The average Bonchev–Trinajstić information content (AvgIpc) is 2.41. The highest BCUT2D eigenvalue weighted by molar-refractivity contribution is 7.75. The molecule has 3 nitrogen and oxygen atoms in total. The first-order valence-electron chi connectivity index (χ1n) is 5.58. The van der Waals surface area contributed by atoms with Crippen molar-refractivity contribution in [2.24, 2.45) is 0 Å². The Morgan fingerprint density at radius 1 is 1.07 bits per heavy atom. The summed E-state index contributed by atoms with van der Waals surface area (Å²) in [7, 11) is 0. The lowest BCUT2D eigenvalue weighted by Gasteiger charge is -2.20. The Morgan fingerprint density at radius 3 is 2.29 bits per heavy atom. The van der Waals surface area contributed by atoms with Crippen LogP contribution in [0.5, 0.6) is 0 Å². The number of rotatable bonds is 5. The van der Waals surface area contributed by atoms with Crippen molar-refractivity contribution in [2.75, 3.05) is 45.9 Å². The molecule has 4 heteroatoms. The van der Waals surface area contributed by atoms with Crippen LogP contribution in [-0.2, 0) is 4.18 Å². The smallest absolute Gasteiger partial charge is 0.0737 e. The average molecular weight is 218 g/mol. The van der Waals surface area contributed by atoms with E-state index in [1.165, 1.54) is 45.6 Å². The summed E-state index contributed by atoms with van der Waals surface area (Å²) in [4.78, 5) is 5.02. The Morgan fingerprint density at radius 2 is 1.71 bits per heavy atom. The minimum absolute atomic E-state index is 0.733. The quantitative estimate of drug-likeness (QED) is 0.553.